The van der Waals surface area contributed by atoms with E-state index in [1.165, 1.54) is 3.57 Å². The van der Waals surface area contributed by atoms with E-state index in [0.29, 0.717) is 0 Å². The fourth-order valence-corrected chi connectivity index (χ4v) is 0.830. The smallest absolute Gasteiger partial charge is 0.429 e. The first-order valence-corrected chi connectivity index (χ1v) is 3.69. The third-order valence-electron chi connectivity index (χ3n) is 0.733. The van der Waals surface area contributed by atoms with Crippen LogP contribution in [0.4, 0.5) is 0 Å². The van der Waals surface area contributed by atoms with E-state index in [2.05, 4.69) is 34.7 Å². The van der Waals surface area contributed by atoms with Crippen LogP contribution < -0.4 is 0 Å². The molecule has 1 aromatic carbocycles. The molecule has 1 rings (SSSR count). The molecule has 53 valence electrons. The lowest BCUT2D eigenvalue weighted by Gasteiger charge is -1.80. The van der Waals surface area contributed by atoms with Gasteiger partial charge < -0.3 is 10.0 Å². The summed E-state index contributed by atoms with van der Waals surface area (Å²) in [5.41, 5.74) is 0. The van der Waals surface area contributed by atoms with Gasteiger partial charge in [-0.05, 0) is 34.7 Å². The molecule has 0 spiro atoms. The molecule has 0 amide bonds. The predicted octanol–water partition coefficient (Wildman–Crippen LogP) is 0.796. The Bertz CT molecular complexity index is 157. The summed E-state index contributed by atoms with van der Waals surface area (Å²) in [7, 11) is 0. The van der Waals surface area contributed by atoms with Crippen molar-refractivity contribution in [3.8, 4) is 0 Å². The molecule has 2 nitrogen and oxygen atoms in total. The van der Waals surface area contributed by atoms with Crippen LogP contribution in [0.1, 0.15) is 0 Å². The van der Waals surface area contributed by atoms with Gasteiger partial charge in [0.25, 0.3) is 0 Å². The first kappa shape index (κ1) is 9.93. The molecule has 0 saturated heterocycles. The molecule has 0 aliphatic carbocycles. The van der Waals surface area contributed by atoms with Crippen LogP contribution in [-0.2, 0) is 0 Å². The van der Waals surface area contributed by atoms with Gasteiger partial charge in [-0.2, -0.15) is 0 Å². The highest BCUT2D eigenvalue weighted by atomic mass is 127. The first-order chi connectivity index (χ1) is 4.81. The fourth-order valence-electron chi connectivity index (χ4n) is 0.415. The van der Waals surface area contributed by atoms with Crippen molar-refractivity contribution in [2.24, 2.45) is 0 Å². The third-order valence-corrected chi connectivity index (χ3v) is 1.45. The van der Waals surface area contributed by atoms with E-state index in [9.17, 15) is 0 Å². The summed E-state index contributed by atoms with van der Waals surface area (Å²) in [5.74, 6) is 0. The Morgan fingerprint density at radius 1 is 1.10 bits per heavy atom. The van der Waals surface area contributed by atoms with Crippen LogP contribution in [0.15, 0.2) is 30.3 Å². The number of hydrogen-bond acceptors (Lipinski definition) is 2. The van der Waals surface area contributed by atoms with Gasteiger partial charge in [0, 0.05) is 3.57 Å². The molecule has 0 aliphatic rings. The number of benzene rings is 1. The lowest BCUT2D eigenvalue weighted by molar-refractivity contribution is 0.448. The molecule has 0 heterocycles. The van der Waals surface area contributed by atoms with E-state index >= 15 is 0 Å². The van der Waals surface area contributed by atoms with Crippen molar-refractivity contribution < 1.29 is 10.0 Å². The summed E-state index contributed by atoms with van der Waals surface area (Å²) >= 11 is 2.28. The van der Waals surface area contributed by atoms with E-state index in [0.717, 1.165) is 0 Å². The van der Waals surface area contributed by atoms with Gasteiger partial charge >= 0.3 is 7.69 Å². The van der Waals surface area contributed by atoms with Gasteiger partial charge in [-0.1, -0.05) is 18.2 Å². The van der Waals surface area contributed by atoms with Crippen LogP contribution in [0.3, 0.4) is 0 Å². The SMILES string of the molecule is Ic1ccccc1.O[B]O. The Morgan fingerprint density at radius 2 is 1.50 bits per heavy atom. The number of hydrogen-bond donors (Lipinski definition) is 2. The van der Waals surface area contributed by atoms with Crippen molar-refractivity contribution in [2.45, 2.75) is 0 Å². The summed E-state index contributed by atoms with van der Waals surface area (Å²) in [5, 5.41) is 14.0. The average Bonchev–Trinajstić information content (AvgIpc) is 1.91. The third kappa shape index (κ3) is 6.06. The monoisotopic (exact) mass is 249 g/mol. The summed E-state index contributed by atoms with van der Waals surface area (Å²) in [6.07, 6.45) is 0. The molecule has 1 aromatic rings. The standard InChI is InChI=1S/C6H5I.BH2O2/c7-6-4-2-1-3-5-6;2-1-3/h1-5H;2-3H. The lowest BCUT2D eigenvalue weighted by Crippen LogP contribution is -1.75. The van der Waals surface area contributed by atoms with Crippen LogP contribution in [0.2, 0.25) is 0 Å². The van der Waals surface area contributed by atoms with Gasteiger partial charge in [0.1, 0.15) is 0 Å². The summed E-state index contributed by atoms with van der Waals surface area (Å²) in [6.45, 7) is 0. The predicted molar refractivity (Wildman–Crippen MR) is 49.4 cm³/mol. The van der Waals surface area contributed by atoms with E-state index in [4.69, 9.17) is 10.0 Å². The molecule has 0 aliphatic heterocycles. The molecule has 0 atom stereocenters. The molecule has 0 fully saturated rings. The van der Waals surface area contributed by atoms with Gasteiger partial charge in [0.2, 0.25) is 0 Å². The zero-order chi connectivity index (χ0) is 7.82. The van der Waals surface area contributed by atoms with Gasteiger partial charge in [0.15, 0.2) is 0 Å². The number of halogens is 1. The van der Waals surface area contributed by atoms with Crippen molar-refractivity contribution in [1.82, 2.24) is 0 Å². The molecular formula is C6H7BIO2. The van der Waals surface area contributed by atoms with Crippen LogP contribution >= 0.6 is 22.6 Å². The Labute approximate surface area is 74.3 Å². The van der Waals surface area contributed by atoms with Crippen LogP contribution in [0.25, 0.3) is 0 Å². The summed E-state index contributed by atoms with van der Waals surface area (Å²) in [6, 6.07) is 10.2. The van der Waals surface area contributed by atoms with Crippen molar-refractivity contribution in [1.29, 1.82) is 0 Å². The Balaban J connectivity index is 0.000000236. The maximum Gasteiger partial charge on any atom is 0.482 e. The minimum Gasteiger partial charge on any atom is -0.429 e. The van der Waals surface area contributed by atoms with Gasteiger partial charge in [-0.25, -0.2) is 0 Å². The lowest BCUT2D eigenvalue weighted by atomic mass is 10.4. The second-order valence-corrected chi connectivity index (χ2v) is 2.66. The normalized spacial score (nSPS) is 7.50. The van der Waals surface area contributed by atoms with Crippen molar-refractivity contribution in [3.05, 3.63) is 33.9 Å². The molecule has 0 aromatic heterocycles. The molecule has 0 unspecified atom stereocenters. The van der Waals surface area contributed by atoms with E-state index in [1.807, 2.05) is 18.2 Å². The molecule has 4 heteroatoms. The number of rotatable bonds is 0. The Hall–Kier alpha value is -0.0651. The highest BCUT2D eigenvalue weighted by Crippen LogP contribution is 1.99. The maximum atomic E-state index is 7.00. The fraction of sp³-hybridized carbons (Fsp3) is 0. The summed E-state index contributed by atoms with van der Waals surface area (Å²) in [4.78, 5) is 0. The minimum absolute atomic E-state index is 0. The van der Waals surface area contributed by atoms with E-state index < -0.39 is 0 Å². The topological polar surface area (TPSA) is 40.5 Å². The van der Waals surface area contributed by atoms with Crippen LogP contribution in [0, 0.1) is 3.57 Å². The Kier molecular flexibility index (Phi) is 7.00. The molecule has 2 N–H and O–H groups in total. The average molecular weight is 249 g/mol. The maximum absolute atomic E-state index is 7.00. The molecular weight excluding hydrogens is 242 g/mol. The summed E-state index contributed by atoms with van der Waals surface area (Å²) < 4.78 is 1.29. The van der Waals surface area contributed by atoms with Gasteiger partial charge in [-0.15, -0.1) is 0 Å². The van der Waals surface area contributed by atoms with Crippen molar-refractivity contribution in [2.75, 3.05) is 0 Å². The second kappa shape index (κ2) is 7.05. The highest BCUT2D eigenvalue weighted by Gasteiger charge is 1.74. The Morgan fingerprint density at radius 3 is 1.70 bits per heavy atom. The zero-order valence-electron chi connectivity index (χ0n) is 5.24. The quantitative estimate of drug-likeness (QED) is 0.527. The van der Waals surface area contributed by atoms with E-state index in [-0.39, 0.29) is 7.69 Å². The van der Waals surface area contributed by atoms with Gasteiger partial charge in [0.05, 0.1) is 0 Å². The molecule has 10 heavy (non-hydrogen) atoms. The van der Waals surface area contributed by atoms with Crippen molar-refractivity contribution in [3.63, 3.8) is 0 Å². The van der Waals surface area contributed by atoms with E-state index in [1.54, 1.807) is 0 Å². The largest absolute Gasteiger partial charge is 0.482 e. The first-order valence-electron chi connectivity index (χ1n) is 2.62. The second-order valence-electron chi connectivity index (χ2n) is 1.41. The van der Waals surface area contributed by atoms with Crippen molar-refractivity contribution >= 4 is 30.3 Å². The minimum atomic E-state index is 0. The van der Waals surface area contributed by atoms with Crippen LogP contribution in [0.5, 0.6) is 0 Å². The zero-order valence-corrected chi connectivity index (χ0v) is 7.39. The molecule has 1 radical (unpaired) electrons. The highest BCUT2D eigenvalue weighted by molar-refractivity contribution is 14.1. The molecule has 0 bridgehead atoms. The molecule has 0 saturated carbocycles. The van der Waals surface area contributed by atoms with Gasteiger partial charge in [-0.3, -0.25) is 0 Å². The van der Waals surface area contributed by atoms with Crippen LogP contribution in [-0.4, -0.2) is 17.7 Å².